The number of halogens is 2. The lowest BCUT2D eigenvalue weighted by Crippen LogP contribution is -2.22. The molecule has 3 heteroatoms. The van der Waals surface area contributed by atoms with Crippen LogP contribution in [-0.2, 0) is 6.42 Å². The van der Waals surface area contributed by atoms with Crippen molar-refractivity contribution < 1.29 is 0 Å². The Balaban J connectivity index is 2.48. The van der Waals surface area contributed by atoms with E-state index in [1.54, 1.807) is 0 Å². The van der Waals surface area contributed by atoms with E-state index >= 15 is 0 Å². The molecule has 0 radical (unpaired) electrons. The molecule has 0 N–H and O–H groups in total. The topological polar surface area (TPSA) is 0 Å². The smallest absolute Gasteiger partial charge is 0.144 e. The van der Waals surface area contributed by atoms with E-state index in [1.165, 1.54) is 16.7 Å². The first-order valence-electron chi connectivity index (χ1n) is 5.68. The highest BCUT2D eigenvalue weighted by Gasteiger charge is 2.12. The first-order chi connectivity index (χ1) is 8.22. The van der Waals surface area contributed by atoms with E-state index in [9.17, 15) is 0 Å². The normalized spacial score (nSPS) is 10.8. The first kappa shape index (κ1) is 12.7. The van der Waals surface area contributed by atoms with Gasteiger partial charge in [0.1, 0.15) is 0 Å². The van der Waals surface area contributed by atoms with Gasteiger partial charge in [0.05, 0.1) is 0 Å². The SMILES string of the molecule is CCc1ccc(-c2ccccc2)cc1[SiH](Cl)Cl. The summed E-state index contributed by atoms with van der Waals surface area (Å²) in [7, 11) is -1.79. The zero-order chi connectivity index (χ0) is 12.3. The summed E-state index contributed by atoms with van der Waals surface area (Å²) in [6.07, 6.45) is 0.980. The Morgan fingerprint density at radius 3 is 2.24 bits per heavy atom. The predicted molar refractivity (Wildman–Crippen MR) is 79.7 cm³/mol. The molecular weight excluding hydrogens is 267 g/mol. The van der Waals surface area contributed by atoms with Gasteiger partial charge >= 0.3 is 0 Å². The van der Waals surface area contributed by atoms with Crippen molar-refractivity contribution in [3.8, 4) is 11.1 Å². The molecule has 2 aromatic rings. The van der Waals surface area contributed by atoms with Crippen molar-refractivity contribution in [1.82, 2.24) is 0 Å². The molecular formula is C14H14Cl2Si. The maximum Gasteiger partial charge on any atom is 0.266 e. The van der Waals surface area contributed by atoms with Gasteiger partial charge in [-0.05, 0) is 28.3 Å². The van der Waals surface area contributed by atoms with E-state index in [1.807, 2.05) is 18.2 Å². The fourth-order valence-electron chi connectivity index (χ4n) is 1.93. The van der Waals surface area contributed by atoms with Gasteiger partial charge in [-0.25, -0.2) is 0 Å². The van der Waals surface area contributed by atoms with Crippen molar-refractivity contribution in [1.29, 1.82) is 0 Å². The number of hydrogen-bond donors (Lipinski definition) is 0. The quantitative estimate of drug-likeness (QED) is 0.592. The zero-order valence-electron chi connectivity index (χ0n) is 9.66. The van der Waals surface area contributed by atoms with Crippen molar-refractivity contribution in [2.24, 2.45) is 0 Å². The summed E-state index contributed by atoms with van der Waals surface area (Å²) >= 11 is 12.3. The third-order valence-electron chi connectivity index (χ3n) is 2.87. The minimum absolute atomic E-state index is 0.980. The number of hydrogen-bond acceptors (Lipinski definition) is 0. The van der Waals surface area contributed by atoms with Gasteiger partial charge in [0, 0.05) is 0 Å². The fraction of sp³-hybridized carbons (Fsp3) is 0.143. The average molecular weight is 281 g/mol. The lowest BCUT2D eigenvalue weighted by Gasteiger charge is -2.10. The van der Waals surface area contributed by atoms with E-state index in [-0.39, 0.29) is 0 Å². The van der Waals surface area contributed by atoms with Crippen LogP contribution < -0.4 is 5.19 Å². The second kappa shape index (κ2) is 5.72. The molecule has 0 bridgehead atoms. The van der Waals surface area contributed by atoms with Gasteiger partial charge in [0.25, 0.3) is 7.42 Å². The Kier molecular flexibility index (Phi) is 4.27. The van der Waals surface area contributed by atoms with E-state index in [2.05, 4.69) is 37.3 Å². The zero-order valence-corrected chi connectivity index (χ0v) is 12.3. The van der Waals surface area contributed by atoms with Crippen LogP contribution in [0.15, 0.2) is 48.5 Å². The van der Waals surface area contributed by atoms with Gasteiger partial charge in [-0.1, -0.05) is 55.5 Å². The number of aryl methyl sites for hydroxylation is 1. The van der Waals surface area contributed by atoms with Crippen LogP contribution in [0.1, 0.15) is 12.5 Å². The third-order valence-corrected chi connectivity index (χ3v) is 5.29. The van der Waals surface area contributed by atoms with Crippen LogP contribution in [0.4, 0.5) is 0 Å². The maximum absolute atomic E-state index is 6.15. The van der Waals surface area contributed by atoms with Crippen LogP contribution >= 0.6 is 22.2 Å². The van der Waals surface area contributed by atoms with Crippen LogP contribution in [0.2, 0.25) is 0 Å². The average Bonchev–Trinajstić information content (AvgIpc) is 2.39. The maximum atomic E-state index is 6.15. The Morgan fingerprint density at radius 1 is 0.941 bits per heavy atom. The largest absolute Gasteiger partial charge is 0.266 e. The summed E-state index contributed by atoms with van der Waals surface area (Å²) in [5, 5.41) is 1.15. The molecule has 0 heterocycles. The lowest BCUT2D eigenvalue weighted by atomic mass is 10.0. The molecule has 2 aromatic carbocycles. The van der Waals surface area contributed by atoms with Crippen molar-refractivity contribution in [2.45, 2.75) is 13.3 Å². The molecule has 0 aliphatic heterocycles. The van der Waals surface area contributed by atoms with Crippen molar-refractivity contribution in [3.63, 3.8) is 0 Å². The Morgan fingerprint density at radius 2 is 1.65 bits per heavy atom. The summed E-state index contributed by atoms with van der Waals surface area (Å²) < 4.78 is 0. The van der Waals surface area contributed by atoms with Gasteiger partial charge in [0.15, 0.2) is 0 Å². The Hall–Kier alpha value is -0.763. The highest BCUT2D eigenvalue weighted by Crippen LogP contribution is 2.19. The van der Waals surface area contributed by atoms with Gasteiger partial charge in [0.2, 0.25) is 0 Å². The summed E-state index contributed by atoms with van der Waals surface area (Å²) in [5.74, 6) is 0. The molecule has 88 valence electrons. The van der Waals surface area contributed by atoms with E-state index in [0.717, 1.165) is 11.6 Å². The second-order valence-corrected chi connectivity index (χ2v) is 8.45. The Labute approximate surface area is 113 Å². The van der Waals surface area contributed by atoms with Crippen LogP contribution in [0.25, 0.3) is 11.1 Å². The van der Waals surface area contributed by atoms with Gasteiger partial charge in [-0.2, -0.15) is 0 Å². The molecule has 0 unspecified atom stereocenters. The summed E-state index contributed by atoms with van der Waals surface area (Å²) in [4.78, 5) is 0. The molecule has 0 saturated heterocycles. The standard InChI is InChI=1S/C14H14Cl2Si/c1-2-11-8-9-13(10-14(11)17(15)16)12-6-4-3-5-7-12/h3-10,17H,2H2,1H3. The second-order valence-electron chi connectivity index (χ2n) is 3.93. The summed E-state index contributed by atoms with van der Waals surface area (Å²) in [6.45, 7) is 2.13. The molecule has 0 spiro atoms. The van der Waals surface area contributed by atoms with Crippen molar-refractivity contribution >= 4 is 34.8 Å². The minimum Gasteiger partial charge on any atom is -0.144 e. The van der Waals surface area contributed by atoms with Crippen molar-refractivity contribution in [2.75, 3.05) is 0 Å². The fourth-order valence-corrected chi connectivity index (χ4v) is 4.04. The molecule has 0 atom stereocenters. The van der Waals surface area contributed by atoms with Crippen LogP contribution in [0.3, 0.4) is 0 Å². The van der Waals surface area contributed by atoms with Crippen LogP contribution in [0.5, 0.6) is 0 Å². The molecule has 0 fully saturated rings. The van der Waals surface area contributed by atoms with Gasteiger partial charge in [-0.3, -0.25) is 0 Å². The molecule has 2 rings (SSSR count). The van der Waals surface area contributed by atoms with E-state index in [4.69, 9.17) is 22.2 Å². The van der Waals surface area contributed by atoms with Crippen molar-refractivity contribution in [3.05, 3.63) is 54.1 Å². The minimum atomic E-state index is -1.79. The molecule has 0 saturated carbocycles. The monoisotopic (exact) mass is 280 g/mol. The third kappa shape index (κ3) is 2.92. The molecule has 0 aliphatic rings. The molecule has 0 aromatic heterocycles. The Bertz CT molecular complexity index is 495. The lowest BCUT2D eigenvalue weighted by molar-refractivity contribution is 1.15. The number of benzene rings is 2. The molecule has 0 amide bonds. The first-order valence-corrected chi connectivity index (χ1v) is 9.75. The predicted octanol–water partition coefficient (Wildman–Crippen LogP) is 3.82. The van der Waals surface area contributed by atoms with Gasteiger partial charge in [-0.15, -0.1) is 22.2 Å². The highest BCUT2D eigenvalue weighted by atomic mass is 35.7. The summed E-state index contributed by atoms with van der Waals surface area (Å²) in [5.41, 5.74) is 3.67. The highest BCUT2D eigenvalue weighted by molar-refractivity contribution is 7.39. The molecule has 17 heavy (non-hydrogen) atoms. The van der Waals surface area contributed by atoms with E-state index < -0.39 is 7.42 Å². The van der Waals surface area contributed by atoms with E-state index in [0.29, 0.717) is 0 Å². The van der Waals surface area contributed by atoms with Crippen LogP contribution in [-0.4, -0.2) is 7.42 Å². The van der Waals surface area contributed by atoms with Gasteiger partial charge < -0.3 is 0 Å². The summed E-state index contributed by atoms with van der Waals surface area (Å²) in [6, 6.07) is 16.7. The molecule has 0 aliphatic carbocycles. The number of rotatable bonds is 3. The molecule has 0 nitrogen and oxygen atoms in total. The van der Waals surface area contributed by atoms with Crippen LogP contribution in [0, 0.1) is 0 Å².